The van der Waals surface area contributed by atoms with Crippen LogP contribution in [0.2, 0.25) is 0 Å². The van der Waals surface area contributed by atoms with Crippen molar-refractivity contribution in [3.63, 3.8) is 0 Å². The van der Waals surface area contributed by atoms with Gasteiger partial charge in [0.1, 0.15) is 0 Å². The van der Waals surface area contributed by atoms with E-state index in [0.717, 1.165) is 12.2 Å². The molecule has 0 atom stereocenters. The molecular weight excluding hydrogens is 280 g/mol. The molecule has 1 N–H and O–H groups in total. The van der Waals surface area contributed by atoms with E-state index < -0.39 is 0 Å². The van der Waals surface area contributed by atoms with Crippen molar-refractivity contribution in [2.24, 2.45) is 0 Å². The summed E-state index contributed by atoms with van der Waals surface area (Å²) >= 11 is 0. The normalized spacial score (nSPS) is 12.8. The number of ether oxygens (including phenoxy) is 2. The van der Waals surface area contributed by atoms with E-state index in [0.29, 0.717) is 33.0 Å². The summed E-state index contributed by atoms with van der Waals surface area (Å²) in [5.74, 6) is 0. The average Bonchev–Trinajstić information content (AvgIpc) is 2.84. The van der Waals surface area contributed by atoms with Gasteiger partial charge in [0.15, 0.2) is 0 Å². The molecule has 0 spiro atoms. The molecular formula is C16H32N4O2. The van der Waals surface area contributed by atoms with Crippen molar-refractivity contribution in [1.29, 1.82) is 0 Å². The van der Waals surface area contributed by atoms with Crippen LogP contribution in [0.15, 0.2) is 6.20 Å². The molecule has 0 saturated heterocycles. The minimum Gasteiger partial charge on any atom is -0.378 e. The molecule has 0 saturated carbocycles. The van der Waals surface area contributed by atoms with E-state index >= 15 is 0 Å². The Balaban J connectivity index is 2.01. The second-order valence-corrected chi connectivity index (χ2v) is 7.52. The van der Waals surface area contributed by atoms with Crippen LogP contribution in [0, 0.1) is 0 Å². The Labute approximate surface area is 134 Å². The lowest BCUT2D eigenvalue weighted by atomic mass is 9.93. The van der Waals surface area contributed by atoms with Gasteiger partial charge in [-0.3, -0.25) is 0 Å². The summed E-state index contributed by atoms with van der Waals surface area (Å²) < 4.78 is 12.9. The fraction of sp³-hybridized carbons (Fsp3) is 0.875. The molecule has 6 heteroatoms. The Kier molecular flexibility index (Phi) is 7.45. The molecule has 0 radical (unpaired) electrons. The average molecular weight is 312 g/mol. The van der Waals surface area contributed by atoms with Crippen LogP contribution in [0.3, 0.4) is 0 Å². The van der Waals surface area contributed by atoms with Gasteiger partial charge >= 0.3 is 0 Å². The second kappa shape index (κ2) is 8.60. The third-order valence-corrected chi connectivity index (χ3v) is 3.05. The van der Waals surface area contributed by atoms with Crippen molar-refractivity contribution in [1.82, 2.24) is 20.3 Å². The quantitative estimate of drug-likeness (QED) is 0.707. The number of hydrogen-bond donors (Lipinski definition) is 1. The molecule has 0 aliphatic carbocycles. The van der Waals surface area contributed by atoms with Crippen molar-refractivity contribution in [3.8, 4) is 0 Å². The molecule has 0 aliphatic rings. The molecule has 1 aromatic rings. The lowest BCUT2D eigenvalue weighted by Crippen LogP contribution is -2.38. The monoisotopic (exact) mass is 312 g/mol. The fourth-order valence-electron chi connectivity index (χ4n) is 1.73. The second-order valence-electron chi connectivity index (χ2n) is 7.52. The predicted octanol–water partition coefficient (Wildman–Crippen LogP) is 2.00. The lowest BCUT2D eigenvalue weighted by molar-refractivity contribution is 0.0436. The van der Waals surface area contributed by atoms with Gasteiger partial charge in [-0.05, 0) is 20.8 Å². The molecule has 1 heterocycles. The van der Waals surface area contributed by atoms with Crippen molar-refractivity contribution in [2.45, 2.75) is 59.0 Å². The molecule has 1 aromatic heterocycles. The summed E-state index contributed by atoms with van der Waals surface area (Å²) in [7, 11) is 0. The highest BCUT2D eigenvalue weighted by Crippen LogP contribution is 2.18. The highest BCUT2D eigenvalue weighted by atomic mass is 16.5. The summed E-state index contributed by atoms with van der Waals surface area (Å²) in [6.07, 6.45) is 1.98. The number of nitrogens with one attached hydrogen (secondary N) is 1. The Morgan fingerprint density at radius 3 is 2.18 bits per heavy atom. The van der Waals surface area contributed by atoms with E-state index in [2.05, 4.69) is 57.2 Å². The summed E-state index contributed by atoms with van der Waals surface area (Å²) in [5.41, 5.74) is 1.18. The molecule has 1 rings (SSSR count). The Hall–Kier alpha value is -0.980. The van der Waals surface area contributed by atoms with Gasteiger partial charge in [0.05, 0.1) is 38.7 Å². The smallest absolute Gasteiger partial charge is 0.0880 e. The van der Waals surface area contributed by atoms with Crippen LogP contribution in [0.25, 0.3) is 0 Å². The first kappa shape index (κ1) is 19.1. The number of rotatable bonds is 9. The first-order chi connectivity index (χ1) is 10.2. The van der Waals surface area contributed by atoms with Gasteiger partial charge in [-0.25, -0.2) is 4.68 Å². The van der Waals surface area contributed by atoms with Crippen LogP contribution >= 0.6 is 0 Å². The highest BCUT2D eigenvalue weighted by molar-refractivity contribution is 5.06. The largest absolute Gasteiger partial charge is 0.378 e. The maximum atomic E-state index is 5.55. The van der Waals surface area contributed by atoms with E-state index in [1.807, 2.05) is 10.9 Å². The minimum atomic E-state index is 0.0358. The zero-order valence-electron chi connectivity index (χ0n) is 15.0. The lowest BCUT2D eigenvalue weighted by Gasteiger charge is -2.20. The molecule has 0 aliphatic heterocycles. The van der Waals surface area contributed by atoms with Crippen LogP contribution in [0.4, 0.5) is 0 Å². The molecule has 0 aromatic carbocycles. The van der Waals surface area contributed by atoms with E-state index in [1.54, 1.807) is 0 Å². The van der Waals surface area contributed by atoms with Crippen molar-refractivity contribution < 1.29 is 9.47 Å². The Morgan fingerprint density at radius 1 is 1.00 bits per heavy atom. The summed E-state index contributed by atoms with van der Waals surface area (Å²) in [6.45, 7) is 17.0. The molecule has 128 valence electrons. The zero-order valence-corrected chi connectivity index (χ0v) is 15.0. The first-order valence-corrected chi connectivity index (χ1v) is 7.99. The third kappa shape index (κ3) is 8.46. The molecule has 6 nitrogen and oxygen atoms in total. The van der Waals surface area contributed by atoms with Crippen molar-refractivity contribution >= 4 is 0 Å². The van der Waals surface area contributed by atoms with E-state index in [9.17, 15) is 0 Å². The van der Waals surface area contributed by atoms with Crippen LogP contribution in [-0.4, -0.2) is 53.5 Å². The maximum absolute atomic E-state index is 5.55. The van der Waals surface area contributed by atoms with Crippen molar-refractivity contribution in [2.75, 3.05) is 33.0 Å². The molecule has 0 amide bonds. The van der Waals surface area contributed by atoms with Gasteiger partial charge in [0, 0.05) is 23.7 Å². The van der Waals surface area contributed by atoms with Crippen LogP contribution in [0.5, 0.6) is 0 Å². The maximum Gasteiger partial charge on any atom is 0.0880 e. The SMILES string of the molecule is CC(C)(C)NCCOCCOCCn1cc(C(C)(C)C)nn1. The van der Waals surface area contributed by atoms with Gasteiger partial charge in [-0.1, -0.05) is 26.0 Å². The Bertz CT molecular complexity index is 419. The molecule has 22 heavy (non-hydrogen) atoms. The fourth-order valence-corrected chi connectivity index (χ4v) is 1.73. The number of aromatic nitrogens is 3. The molecule has 0 unspecified atom stereocenters. The topological polar surface area (TPSA) is 61.2 Å². The van der Waals surface area contributed by atoms with E-state index in [4.69, 9.17) is 9.47 Å². The molecule has 0 fully saturated rings. The van der Waals surface area contributed by atoms with Gasteiger partial charge in [0.2, 0.25) is 0 Å². The highest BCUT2D eigenvalue weighted by Gasteiger charge is 2.17. The summed E-state index contributed by atoms with van der Waals surface area (Å²) in [4.78, 5) is 0. The first-order valence-electron chi connectivity index (χ1n) is 7.99. The van der Waals surface area contributed by atoms with Crippen LogP contribution in [-0.2, 0) is 21.4 Å². The summed E-state index contributed by atoms with van der Waals surface area (Å²) in [6, 6.07) is 0. The Morgan fingerprint density at radius 2 is 1.64 bits per heavy atom. The van der Waals surface area contributed by atoms with Crippen LogP contribution in [0.1, 0.15) is 47.2 Å². The zero-order chi connectivity index (χ0) is 16.6. The van der Waals surface area contributed by atoms with Gasteiger partial charge in [0.25, 0.3) is 0 Å². The van der Waals surface area contributed by atoms with E-state index in [1.165, 1.54) is 0 Å². The minimum absolute atomic E-state index is 0.0358. The molecule has 0 bridgehead atoms. The van der Waals surface area contributed by atoms with Crippen LogP contribution < -0.4 is 5.32 Å². The predicted molar refractivity (Wildman–Crippen MR) is 88.1 cm³/mol. The number of nitrogens with zero attached hydrogens (tertiary/aromatic N) is 3. The van der Waals surface area contributed by atoms with Gasteiger partial charge < -0.3 is 14.8 Å². The summed E-state index contributed by atoms with van der Waals surface area (Å²) in [5, 5.41) is 11.7. The van der Waals surface area contributed by atoms with Gasteiger partial charge in [-0.2, -0.15) is 0 Å². The van der Waals surface area contributed by atoms with Gasteiger partial charge in [-0.15, -0.1) is 5.10 Å². The van der Waals surface area contributed by atoms with Crippen molar-refractivity contribution in [3.05, 3.63) is 11.9 Å². The van der Waals surface area contributed by atoms with E-state index in [-0.39, 0.29) is 11.0 Å². The standard InChI is InChI=1S/C16H32N4O2/c1-15(2,3)14-13-20(19-18-14)8-10-22-12-11-21-9-7-17-16(4,5)6/h13,17H,7-12H2,1-6H3. The number of hydrogen-bond acceptors (Lipinski definition) is 5. The third-order valence-electron chi connectivity index (χ3n) is 3.05.